The van der Waals surface area contributed by atoms with Crippen molar-refractivity contribution in [1.29, 1.82) is 15.8 Å². The number of benzene rings is 6. The van der Waals surface area contributed by atoms with Gasteiger partial charge >= 0.3 is 0 Å². The molecular weight excluding hydrogens is 575 g/mol. The second-order valence-corrected chi connectivity index (χ2v) is 12.8. The molecule has 8 rings (SSSR count). The first-order chi connectivity index (χ1) is 21.6. The van der Waals surface area contributed by atoms with E-state index in [2.05, 4.69) is 72.8 Å². The lowest BCUT2D eigenvalue weighted by Crippen LogP contribution is -1.89. The molecule has 3 nitrogen and oxygen atoms in total. The molecule has 0 radical (unpaired) electrons. The van der Waals surface area contributed by atoms with Crippen molar-refractivity contribution in [2.45, 2.75) is 0 Å². The molecule has 0 atom stereocenters. The van der Waals surface area contributed by atoms with Gasteiger partial charge < -0.3 is 0 Å². The summed E-state index contributed by atoms with van der Waals surface area (Å²) in [5, 5.41) is 33.4. The van der Waals surface area contributed by atoms with Gasteiger partial charge in [0.2, 0.25) is 0 Å². The first-order valence-corrected chi connectivity index (χ1v) is 15.6. The van der Waals surface area contributed by atoms with Gasteiger partial charge in [-0.05, 0) is 106 Å². The van der Waals surface area contributed by atoms with Crippen molar-refractivity contribution in [3.8, 4) is 51.6 Å². The lowest BCUT2D eigenvalue weighted by molar-refractivity contribution is 1.48. The van der Waals surface area contributed by atoms with E-state index in [4.69, 9.17) is 0 Å². The van der Waals surface area contributed by atoms with Gasteiger partial charge in [-0.25, -0.2) is 0 Å². The maximum Gasteiger partial charge on any atom is 0.0998 e. The number of hydrogen-bond acceptors (Lipinski definition) is 5. The first-order valence-electron chi connectivity index (χ1n) is 14.0. The molecule has 6 aromatic carbocycles. The molecule has 0 unspecified atom stereocenters. The topological polar surface area (TPSA) is 71.4 Å². The Kier molecular flexibility index (Phi) is 6.00. The van der Waals surface area contributed by atoms with E-state index in [0.717, 1.165) is 69.0 Å². The van der Waals surface area contributed by atoms with Crippen LogP contribution in [0, 0.1) is 34.0 Å². The van der Waals surface area contributed by atoms with E-state index < -0.39 is 0 Å². The fourth-order valence-corrected chi connectivity index (χ4v) is 8.34. The number of nitriles is 3. The van der Waals surface area contributed by atoms with Gasteiger partial charge in [0, 0.05) is 40.3 Å². The maximum atomic E-state index is 9.96. The zero-order chi connectivity index (χ0) is 29.8. The Morgan fingerprint density at radius 1 is 0.409 bits per heavy atom. The van der Waals surface area contributed by atoms with Gasteiger partial charge in [0.05, 0.1) is 34.9 Å². The molecule has 0 fully saturated rings. The van der Waals surface area contributed by atoms with E-state index in [0.29, 0.717) is 16.7 Å². The van der Waals surface area contributed by atoms with Crippen molar-refractivity contribution in [1.82, 2.24) is 0 Å². The van der Waals surface area contributed by atoms with E-state index in [1.165, 1.54) is 4.70 Å². The van der Waals surface area contributed by atoms with Gasteiger partial charge in [0.25, 0.3) is 0 Å². The lowest BCUT2D eigenvalue weighted by Gasteiger charge is -2.13. The van der Waals surface area contributed by atoms with E-state index in [-0.39, 0.29) is 0 Å². The quantitative estimate of drug-likeness (QED) is 0.205. The van der Waals surface area contributed by atoms with Gasteiger partial charge in [-0.1, -0.05) is 42.5 Å². The van der Waals surface area contributed by atoms with Crippen molar-refractivity contribution in [2.24, 2.45) is 0 Å². The third-order valence-corrected chi connectivity index (χ3v) is 10.5. The third-order valence-electron chi connectivity index (χ3n) is 8.16. The molecule has 0 saturated carbocycles. The van der Waals surface area contributed by atoms with Gasteiger partial charge in [-0.15, -0.1) is 22.7 Å². The summed E-state index contributed by atoms with van der Waals surface area (Å²) in [6, 6.07) is 45.9. The van der Waals surface area contributed by atoms with E-state index in [1.54, 1.807) is 22.7 Å². The molecule has 0 bridgehead atoms. The smallest absolute Gasteiger partial charge is 0.0998 e. The van der Waals surface area contributed by atoms with Gasteiger partial charge in [-0.2, -0.15) is 15.8 Å². The third kappa shape index (κ3) is 4.14. The minimum absolute atomic E-state index is 0.628. The van der Waals surface area contributed by atoms with Crippen molar-refractivity contribution in [3.05, 3.63) is 132 Å². The summed E-state index contributed by atoms with van der Waals surface area (Å²) < 4.78 is 4.64. The fourth-order valence-electron chi connectivity index (χ4n) is 6.06. The Morgan fingerprint density at radius 3 is 1.73 bits per heavy atom. The molecule has 202 valence electrons. The highest BCUT2D eigenvalue weighted by atomic mass is 32.1. The second kappa shape index (κ2) is 10.2. The highest BCUT2D eigenvalue weighted by Crippen LogP contribution is 2.43. The SMILES string of the molecule is N#Cc1ccc2sc3ccc(-c4cc(-c5ccccc5C#N)cc(-c5cccc6c5sc5ccc(C#N)cc56)c4)cc3c2c1. The van der Waals surface area contributed by atoms with E-state index in [1.807, 2.05) is 60.7 Å². The average Bonchev–Trinajstić information content (AvgIpc) is 3.65. The van der Waals surface area contributed by atoms with Crippen molar-refractivity contribution in [2.75, 3.05) is 0 Å². The highest BCUT2D eigenvalue weighted by Gasteiger charge is 2.16. The van der Waals surface area contributed by atoms with Crippen LogP contribution in [0.15, 0.2) is 115 Å². The van der Waals surface area contributed by atoms with Crippen LogP contribution in [0.1, 0.15) is 16.7 Å². The van der Waals surface area contributed by atoms with Crippen LogP contribution in [0.5, 0.6) is 0 Å². The molecule has 2 aromatic heterocycles. The normalized spacial score (nSPS) is 11.1. The minimum Gasteiger partial charge on any atom is -0.192 e. The predicted octanol–water partition coefficient (Wildman–Crippen LogP) is 11.0. The average molecular weight is 594 g/mol. The van der Waals surface area contributed by atoms with Crippen LogP contribution in [0.3, 0.4) is 0 Å². The Labute approximate surface area is 261 Å². The number of thiophene rings is 2. The number of fused-ring (bicyclic) bond motifs is 6. The molecule has 0 N–H and O–H groups in total. The van der Waals surface area contributed by atoms with Gasteiger partial charge in [0.15, 0.2) is 0 Å². The molecule has 5 heteroatoms. The summed E-state index contributed by atoms with van der Waals surface area (Å²) in [6.45, 7) is 0. The minimum atomic E-state index is 0.628. The first kappa shape index (κ1) is 25.9. The summed E-state index contributed by atoms with van der Waals surface area (Å²) >= 11 is 3.47. The van der Waals surface area contributed by atoms with Crippen LogP contribution in [-0.4, -0.2) is 0 Å². The van der Waals surface area contributed by atoms with Crippen molar-refractivity contribution < 1.29 is 0 Å². The molecule has 44 heavy (non-hydrogen) atoms. The second-order valence-electron chi connectivity index (χ2n) is 10.7. The van der Waals surface area contributed by atoms with Crippen LogP contribution >= 0.6 is 22.7 Å². The van der Waals surface area contributed by atoms with Gasteiger partial charge in [-0.3, -0.25) is 0 Å². The Morgan fingerprint density at radius 2 is 1.00 bits per heavy atom. The van der Waals surface area contributed by atoms with Crippen LogP contribution in [0.4, 0.5) is 0 Å². The Bertz CT molecular complexity index is 2600. The Balaban J connectivity index is 1.39. The van der Waals surface area contributed by atoms with Crippen LogP contribution in [0.2, 0.25) is 0 Å². The summed E-state index contributed by atoms with van der Waals surface area (Å²) in [7, 11) is 0. The van der Waals surface area contributed by atoms with E-state index in [9.17, 15) is 15.8 Å². The van der Waals surface area contributed by atoms with E-state index >= 15 is 0 Å². The fraction of sp³-hybridized carbons (Fsp3) is 0. The zero-order valence-corrected chi connectivity index (χ0v) is 24.8. The van der Waals surface area contributed by atoms with Crippen LogP contribution in [0.25, 0.3) is 73.7 Å². The summed E-state index contributed by atoms with van der Waals surface area (Å²) in [5.41, 5.74) is 8.08. The molecule has 0 aliphatic carbocycles. The summed E-state index contributed by atoms with van der Waals surface area (Å²) in [6.07, 6.45) is 0. The molecule has 8 aromatic rings. The van der Waals surface area contributed by atoms with Gasteiger partial charge in [0.1, 0.15) is 0 Å². The number of hydrogen-bond donors (Lipinski definition) is 0. The molecular formula is C39H19N3S2. The molecule has 0 amide bonds. The maximum absolute atomic E-state index is 9.96. The number of nitrogens with zero attached hydrogens (tertiary/aromatic N) is 3. The molecule has 0 spiro atoms. The largest absolute Gasteiger partial charge is 0.192 e. The number of rotatable bonds is 3. The molecule has 0 aliphatic rings. The molecule has 0 aliphatic heterocycles. The molecule has 0 saturated heterocycles. The van der Waals surface area contributed by atoms with Crippen molar-refractivity contribution in [3.63, 3.8) is 0 Å². The summed E-state index contributed by atoms with van der Waals surface area (Å²) in [5.74, 6) is 0. The standard InChI is InChI=1S/C39H19N3S2/c40-20-23-9-12-38-33(14-23)32-7-3-6-31(39(32)44-38)29-17-27(16-28(18-29)30-5-2-1-4-26(30)22-42)25-10-13-37-35(19-25)34-15-24(21-41)8-11-36(34)43-37/h1-19H. The summed E-state index contributed by atoms with van der Waals surface area (Å²) in [4.78, 5) is 0. The van der Waals surface area contributed by atoms with Crippen LogP contribution in [-0.2, 0) is 0 Å². The Hall–Kier alpha value is -5.77. The highest BCUT2D eigenvalue weighted by molar-refractivity contribution is 7.26. The van der Waals surface area contributed by atoms with Crippen molar-refractivity contribution >= 4 is 63.0 Å². The zero-order valence-electron chi connectivity index (χ0n) is 23.1. The molecule has 2 heterocycles. The lowest BCUT2D eigenvalue weighted by atomic mass is 9.91. The van der Waals surface area contributed by atoms with Crippen LogP contribution < -0.4 is 0 Å². The monoisotopic (exact) mass is 593 g/mol. The predicted molar refractivity (Wildman–Crippen MR) is 183 cm³/mol.